The SMILES string of the molecule is CN(Cc1nc2ccsc2c(=O)[nH]1)C(=O)CBr. The molecule has 7 heteroatoms. The zero-order chi connectivity index (χ0) is 12.4. The molecule has 1 N–H and O–H groups in total. The maximum atomic E-state index is 11.7. The molecule has 0 saturated heterocycles. The van der Waals surface area contributed by atoms with Crippen molar-refractivity contribution in [3.05, 3.63) is 27.6 Å². The summed E-state index contributed by atoms with van der Waals surface area (Å²) >= 11 is 4.45. The van der Waals surface area contributed by atoms with Gasteiger partial charge in [-0.2, -0.15) is 0 Å². The van der Waals surface area contributed by atoms with E-state index in [-0.39, 0.29) is 16.8 Å². The van der Waals surface area contributed by atoms with Gasteiger partial charge < -0.3 is 9.88 Å². The second kappa shape index (κ2) is 4.97. The summed E-state index contributed by atoms with van der Waals surface area (Å²) in [7, 11) is 1.67. The van der Waals surface area contributed by atoms with Gasteiger partial charge in [0, 0.05) is 7.05 Å². The molecule has 1 amide bonds. The number of carbonyl (C=O) groups excluding carboxylic acids is 1. The number of H-pyrrole nitrogens is 1. The van der Waals surface area contributed by atoms with Crippen molar-refractivity contribution in [1.29, 1.82) is 0 Å². The summed E-state index contributed by atoms with van der Waals surface area (Å²) in [6.07, 6.45) is 0. The first-order valence-electron chi connectivity index (χ1n) is 4.88. The van der Waals surface area contributed by atoms with Gasteiger partial charge in [0.15, 0.2) is 0 Å². The summed E-state index contributed by atoms with van der Waals surface area (Å²) in [5.41, 5.74) is 0.521. The fraction of sp³-hybridized carbons (Fsp3) is 0.300. The standard InChI is InChI=1S/C10H10BrN3O2S/c1-14(8(15)4-11)5-7-12-6-2-3-17-9(6)10(16)13-7/h2-3H,4-5H2,1H3,(H,12,13,16). The predicted molar refractivity (Wildman–Crippen MR) is 70.5 cm³/mol. The van der Waals surface area contributed by atoms with Crippen LogP contribution in [0.5, 0.6) is 0 Å². The van der Waals surface area contributed by atoms with E-state index in [1.807, 2.05) is 5.38 Å². The fourth-order valence-electron chi connectivity index (χ4n) is 1.41. The van der Waals surface area contributed by atoms with Crippen molar-refractivity contribution in [2.24, 2.45) is 0 Å². The molecule has 2 aromatic rings. The average Bonchev–Trinajstić information content (AvgIpc) is 2.76. The molecular formula is C10H10BrN3O2S. The van der Waals surface area contributed by atoms with Crippen LogP contribution in [-0.2, 0) is 11.3 Å². The van der Waals surface area contributed by atoms with Gasteiger partial charge in [0.25, 0.3) is 5.56 Å². The number of halogens is 1. The minimum atomic E-state index is -0.153. The van der Waals surface area contributed by atoms with Crippen molar-refractivity contribution in [2.75, 3.05) is 12.4 Å². The number of amides is 1. The third kappa shape index (κ3) is 2.55. The van der Waals surface area contributed by atoms with E-state index in [0.29, 0.717) is 22.6 Å². The summed E-state index contributed by atoms with van der Waals surface area (Å²) in [5.74, 6) is 0.441. The Labute approximate surface area is 110 Å². The maximum absolute atomic E-state index is 11.7. The van der Waals surface area contributed by atoms with Crippen molar-refractivity contribution in [3.63, 3.8) is 0 Å². The summed E-state index contributed by atoms with van der Waals surface area (Å²) in [4.78, 5) is 31.5. The first-order valence-corrected chi connectivity index (χ1v) is 6.88. The van der Waals surface area contributed by atoms with E-state index in [0.717, 1.165) is 0 Å². The van der Waals surface area contributed by atoms with Gasteiger partial charge in [0.05, 0.1) is 17.4 Å². The maximum Gasteiger partial charge on any atom is 0.268 e. The Morgan fingerprint density at radius 3 is 3.12 bits per heavy atom. The van der Waals surface area contributed by atoms with E-state index in [9.17, 15) is 9.59 Å². The lowest BCUT2D eigenvalue weighted by molar-refractivity contribution is -0.127. The lowest BCUT2D eigenvalue weighted by atomic mass is 10.4. The molecule has 0 bridgehead atoms. The van der Waals surface area contributed by atoms with Crippen LogP contribution < -0.4 is 5.56 Å². The third-order valence-corrected chi connectivity index (χ3v) is 3.67. The molecule has 0 aliphatic rings. The van der Waals surface area contributed by atoms with E-state index in [1.54, 1.807) is 13.1 Å². The summed E-state index contributed by atoms with van der Waals surface area (Å²) in [6, 6.07) is 1.80. The Kier molecular flexibility index (Phi) is 3.58. The number of nitrogens with zero attached hydrogens (tertiary/aromatic N) is 2. The van der Waals surface area contributed by atoms with Crippen molar-refractivity contribution >= 4 is 43.4 Å². The first-order chi connectivity index (χ1) is 8.11. The number of rotatable bonds is 3. The van der Waals surface area contributed by atoms with Gasteiger partial charge in [0.2, 0.25) is 5.91 Å². The summed E-state index contributed by atoms with van der Waals surface area (Å²) < 4.78 is 0.614. The predicted octanol–water partition coefficient (Wildman–Crippen LogP) is 1.34. The Morgan fingerprint density at radius 2 is 2.41 bits per heavy atom. The van der Waals surface area contributed by atoms with Gasteiger partial charge in [-0.15, -0.1) is 11.3 Å². The van der Waals surface area contributed by atoms with E-state index in [2.05, 4.69) is 25.9 Å². The number of fused-ring (bicyclic) bond motifs is 1. The van der Waals surface area contributed by atoms with Crippen molar-refractivity contribution in [3.8, 4) is 0 Å². The lowest BCUT2D eigenvalue weighted by Crippen LogP contribution is -2.28. The molecule has 0 aromatic carbocycles. The van der Waals surface area contributed by atoms with Gasteiger partial charge in [-0.3, -0.25) is 9.59 Å². The van der Waals surface area contributed by atoms with Crippen LogP contribution >= 0.6 is 27.3 Å². The molecule has 0 aliphatic carbocycles. The van der Waals surface area contributed by atoms with E-state index >= 15 is 0 Å². The summed E-state index contributed by atoms with van der Waals surface area (Å²) in [6.45, 7) is 0.297. The molecule has 0 saturated carbocycles. The van der Waals surface area contributed by atoms with Crippen LogP contribution in [0.15, 0.2) is 16.2 Å². The van der Waals surface area contributed by atoms with Crippen molar-refractivity contribution in [1.82, 2.24) is 14.9 Å². The summed E-state index contributed by atoms with van der Waals surface area (Å²) in [5, 5.41) is 2.08. The molecule has 2 rings (SSSR count). The van der Waals surface area contributed by atoms with Crippen LogP contribution in [0.4, 0.5) is 0 Å². The van der Waals surface area contributed by atoms with E-state index in [4.69, 9.17) is 0 Å². The largest absolute Gasteiger partial charge is 0.338 e. The number of aromatic nitrogens is 2. The van der Waals surface area contributed by atoms with E-state index < -0.39 is 0 Å². The van der Waals surface area contributed by atoms with E-state index in [1.165, 1.54) is 16.2 Å². The number of alkyl halides is 1. The van der Waals surface area contributed by atoms with Gasteiger partial charge in [-0.25, -0.2) is 4.98 Å². The number of hydrogen-bond donors (Lipinski definition) is 1. The van der Waals surface area contributed by atoms with Gasteiger partial charge in [-0.05, 0) is 11.4 Å². The number of aromatic amines is 1. The number of carbonyl (C=O) groups is 1. The second-order valence-corrected chi connectivity index (χ2v) is 5.01. The zero-order valence-electron chi connectivity index (χ0n) is 9.07. The highest BCUT2D eigenvalue weighted by atomic mass is 79.9. The van der Waals surface area contributed by atoms with Crippen LogP contribution in [-0.4, -0.2) is 33.2 Å². The van der Waals surface area contributed by atoms with Gasteiger partial charge in [0.1, 0.15) is 10.5 Å². The molecule has 2 aromatic heterocycles. The molecule has 17 heavy (non-hydrogen) atoms. The minimum Gasteiger partial charge on any atom is -0.338 e. The Bertz CT molecular complexity index is 607. The van der Waals surface area contributed by atoms with Crippen LogP contribution in [0.1, 0.15) is 5.82 Å². The average molecular weight is 316 g/mol. The molecule has 0 spiro atoms. The Morgan fingerprint density at radius 1 is 1.65 bits per heavy atom. The van der Waals surface area contributed by atoms with Crippen LogP contribution in [0.3, 0.4) is 0 Å². The topological polar surface area (TPSA) is 66.1 Å². The zero-order valence-corrected chi connectivity index (χ0v) is 11.5. The first kappa shape index (κ1) is 12.3. The smallest absolute Gasteiger partial charge is 0.268 e. The monoisotopic (exact) mass is 315 g/mol. The van der Waals surface area contributed by atoms with Crippen LogP contribution in [0.2, 0.25) is 0 Å². The number of thiophene rings is 1. The molecule has 0 atom stereocenters. The van der Waals surface area contributed by atoms with Crippen LogP contribution in [0.25, 0.3) is 10.2 Å². The highest BCUT2D eigenvalue weighted by Gasteiger charge is 2.10. The number of hydrogen-bond acceptors (Lipinski definition) is 4. The molecule has 0 fully saturated rings. The number of nitrogens with one attached hydrogen (secondary N) is 1. The van der Waals surface area contributed by atoms with Gasteiger partial charge in [-0.1, -0.05) is 15.9 Å². The molecule has 5 nitrogen and oxygen atoms in total. The van der Waals surface area contributed by atoms with Crippen molar-refractivity contribution in [2.45, 2.75) is 6.54 Å². The molecule has 90 valence electrons. The van der Waals surface area contributed by atoms with Crippen molar-refractivity contribution < 1.29 is 4.79 Å². The highest BCUT2D eigenvalue weighted by molar-refractivity contribution is 9.09. The Hall–Kier alpha value is -1.21. The molecule has 0 radical (unpaired) electrons. The lowest BCUT2D eigenvalue weighted by Gasteiger charge is -2.14. The highest BCUT2D eigenvalue weighted by Crippen LogP contribution is 2.13. The quantitative estimate of drug-likeness (QED) is 0.869. The molecule has 2 heterocycles. The normalized spacial score (nSPS) is 10.7. The molecule has 0 unspecified atom stereocenters. The fourth-order valence-corrected chi connectivity index (χ4v) is 2.56. The second-order valence-electron chi connectivity index (χ2n) is 3.53. The third-order valence-electron chi connectivity index (χ3n) is 2.29. The van der Waals surface area contributed by atoms with Gasteiger partial charge >= 0.3 is 0 Å². The molecule has 0 aliphatic heterocycles. The minimum absolute atomic E-state index is 0.0573. The van der Waals surface area contributed by atoms with Crippen LogP contribution in [0, 0.1) is 0 Å². The molecular weight excluding hydrogens is 306 g/mol. The Balaban J connectivity index is 2.30.